The van der Waals surface area contributed by atoms with E-state index < -0.39 is 11.5 Å². The number of amides is 1. The molecule has 1 amide bonds. The number of fused-ring (bicyclic) bond motifs is 1. The lowest BCUT2D eigenvalue weighted by molar-refractivity contribution is -0.139. The number of methoxy groups -OCH3 is 1. The Morgan fingerprint density at radius 3 is 2.47 bits per heavy atom. The van der Waals surface area contributed by atoms with E-state index in [0.717, 1.165) is 16.9 Å². The average molecular weight is 402 g/mol. The zero-order valence-corrected chi connectivity index (χ0v) is 17.0. The summed E-state index contributed by atoms with van der Waals surface area (Å²) in [7, 11) is 1.46. The van der Waals surface area contributed by atoms with Crippen molar-refractivity contribution < 1.29 is 9.53 Å². The van der Waals surface area contributed by atoms with E-state index in [-0.39, 0.29) is 0 Å². The summed E-state index contributed by atoms with van der Waals surface area (Å²) >= 11 is 0. The van der Waals surface area contributed by atoms with Crippen molar-refractivity contribution in [3.8, 4) is 17.1 Å². The van der Waals surface area contributed by atoms with Gasteiger partial charge in [-0.05, 0) is 55.8 Å². The van der Waals surface area contributed by atoms with Gasteiger partial charge in [0, 0.05) is 24.7 Å². The van der Waals surface area contributed by atoms with E-state index >= 15 is 0 Å². The van der Waals surface area contributed by atoms with Gasteiger partial charge in [0.05, 0.1) is 5.56 Å². The lowest BCUT2D eigenvalue weighted by atomic mass is 9.95. The van der Waals surface area contributed by atoms with E-state index in [2.05, 4.69) is 9.97 Å². The standard InChI is InChI=1S/C22H22N6O2/c1-13-6-11-17-20(26-13)28(19(27-17)16-5-4-12-25-18(16)23)15-9-7-14(8-10-15)22(2,30-3)21(24)29/h4-12H,1-3H3,(H2,23,25)(H2,24,29). The van der Waals surface area contributed by atoms with Crippen molar-refractivity contribution in [2.45, 2.75) is 19.4 Å². The SMILES string of the molecule is COC(C)(C(N)=O)c1ccc(-n2c(-c3cccnc3N)nc3ccc(C)nc32)cc1. The van der Waals surface area contributed by atoms with Crippen LogP contribution in [0.25, 0.3) is 28.2 Å². The first-order valence-corrected chi connectivity index (χ1v) is 9.38. The minimum atomic E-state index is -1.22. The van der Waals surface area contributed by atoms with E-state index in [1.807, 2.05) is 60.0 Å². The maximum Gasteiger partial charge on any atom is 0.254 e. The zero-order chi connectivity index (χ0) is 21.5. The quantitative estimate of drug-likeness (QED) is 0.529. The first-order valence-electron chi connectivity index (χ1n) is 9.38. The molecule has 4 N–H and O–H groups in total. The van der Waals surface area contributed by atoms with Gasteiger partial charge in [-0.2, -0.15) is 0 Å². The largest absolute Gasteiger partial charge is 0.383 e. The highest BCUT2D eigenvalue weighted by molar-refractivity contribution is 5.85. The number of rotatable bonds is 5. The molecule has 8 heteroatoms. The Hall–Kier alpha value is -3.78. The number of anilines is 1. The van der Waals surface area contributed by atoms with Gasteiger partial charge in [-0.15, -0.1) is 0 Å². The average Bonchev–Trinajstić information content (AvgIpc) is 3.11. The molecule has 0 fully saturated rings. The molecule has 4 rings (SSSR count). The Morgan fingerprint density at radius 2 is 1.83 bits per heavy atom. The molecule has 3 heterocycles. The number of aromatic nitrogens is 4. The summed E-state index contributed by atoms with van der Waals surface area (Å²) in [6.07, 6.45) is 1.64. The second-order valence-electron chi connectivity index (χ2n) is 7.15. The van der Waals surface area contributed by atoms with Crippen LogP contribution < -0.4 is 11.5 Å². The van der Waals surface area contributed by atoms with E-state index in [4.69, 9.17) is 21.2 Å². The Balaban J connectivity index is 1.94. The number of hydrogen-bond acceptors (Lipinski definition) is 6. The van der Waals surface area contributed by atoms with Crippen LogP contribution in [0.3, 0.4) is 0 Å². The van der Waals surface area contributed by atoms with Crippen molar-refractivity contribution in [2.75, 3.05) is 12.8 Å². The van der Waals surface area contributed by atoms with Crippen molar-refractivity contribution in [3.05, 3.63) is 66.0 Å². The zero-order valence-electron chi connectivity index (χ0n) is 17.0. The van der Waals surface area contributed by atoms with Gasteiger partial charge in [-0.1, -0.05) is 12.1 Å². The molecule has 1 aromatic carbocycles. The van der Waals surface area contributed by atoms with Gasteiger partial charge in [-0.25, -0.2) is 15.0 Å². The van der Waals surface area contributed by atoms with Crippen molar-refractivity contribution in [1.82, 2.24) is 19.5 Å². The number of carbonyl (C=O) groups excluding carboxylic acids is 1. The number of aryl methyl sites for hydroxylation is 1. The first kappa shape index (κ1) is 19.5. The summed E-state index contributed by atoms with van der Waals surface area (Å²) < 4.78 is 7.30. The minimum Gasteiger partial charge on any atom is -0.383 e. The van der Waals surface area contributed by atoms with Crippen LogP contribution >= 0.6 is 0 Å². The highest BCUT2D eigenvalue weighted by Gasteiger charge is 2.33. The Kier molecular flexibility index (Phi) is 4.71. The molecule has 0 aliphatic heterocycles. The smallest absolute Gasteiger partial charge is 0.254 e. The molecule has 0 spiro atoms. The molecule has 0 aliphatic carbocycles. The molecule has 0 saturated carbocycles. The number of nitrogens with two attached hydrogens (primary N) is 2. The lowest BCUT2D eigenvalue weighted by Crippen LogP contribution is -2.40. The van der Waals surface area contributed by atoms with Gasteiger partial charge in [0.15, 0.2) is 17.1 Å². The number of primary amides is 1. The predicted molar refractivity (Wildman–Crippen MR) is 115 cm³/mol. The van der Waals surface area contributed by atoms with Crippen molar-refractivity contribution >= 4 is 22.9 Å². The molecule has 4 aromatic rings. The first-order chi connectivity index (χ1) is 14.3. The van der Waals surface area contributed by atoms with Crippen LogP contribution in [0.4, 0.5) is 5.82 Å². The number of hydrogen-bond donors (Lipinski definition) is 2. The fourth-order valence-electron chi connectivity index (χ4n) is 3.37. The van der Waals surface area contributed by atoms with Crippen LogP contribution in [0.2, 0.25) is 0 Å². The molecule has 0 aliphatic rings. The summed E-state index contributed by atoms with van der Waals surface area (Å²) in [5, 5.41) is 0. The number of nitrogen functional groups attached to an aromatic ring is 1. The Labute approximate surface area is 173 Å². The Bertz CT molecular complexity index is 1250. The second kappa shape index (κ2) is 7.23. The van der Waals surface area contributed by atoms with E-state index in [0.29, 0.717) is 28.4 Å². The van der Waals surface area contributed by atoms with Gasteiger partial charge in [0.1, 0.15) is 11.3 Å². The fraction of sp³-hybridized carbons (Fsp3) is 0.182. The molecular weight excluding hydrogens is 380 g/mol. The van der Waals surface area contributed by atoms with E-state index in [1.54, 1.807) is 13.1 Å². The number of pyridine rings is 2. The van der Waals surface area contributed by atoms with Crippen LogP contribution in [0.1, 0.15) is 18.2 Å². The van der Waals surface area contributed by atoms with Gasteiger partial charge >= 0.3 is 0 Å². The third-order valence-electron chi connectivity index (χ3n) is 5.28. The maximum atomic E-state index is 11.9. The number of ether oxygens (including phenoxy) is 1. The molecule has 30 heavy (non-hydrogen) atoms. The summed E-state index contributed by atoms with van der Waals surface area (Å²) in [6.45, 7) is 3.57. The van der Waals surface area contributed by atoms with Gasteiger partial charge in [-0.3, -0.25) is 9.36 Å². The van der Waals surface area contributed by atoms with Crippen molar-refractivity contribution in [3.63, 3.8) is 0 Å². The minimum absolute atomic E-state index is 0.378. The summed E-state index contributed by atoms with van der Waals surface area (Å²) in [5.41, 5.74) is 14.9. The van der Waals surface area contributed by atoms with Gasteiger partial charge < -0.3 is 16.2 Å². The monoisotopic (exact) mass is 402 g/mol. The molecule has 0 saturated heterocycles. The topological polar surface area (TPSA) is 122 Å². The lowest BCUT2D eigenvalue weighted by Gasteiger charge is -2.25. The van der Waals surface area contributed by atoms with Crippen LogP contribution in [-0.4, -0.2) is 32.5 Å². The van der Waals surface area contributed by atoms with Crippen molar-refractivity contribution in [2.24, 2.45) is 5.73 Å². The normalized spacial score (nSPS) is 13.3. The highest BCUT2D eigenvalue weighted by Crippen LogP contribution is 2.32. The Morgan fingerprint density at radius 1 is 1.10 bits per heavy atom. The molecule has 3 aromatic heterocycles. The molecule has 8 nitrogen and oxygen atoms in total. The third kappa shape index (κ3) is 3.07. The molecule has 1 atom stereocenters. The summed E-state index contributed by atoms with van der Waals surface area (Å²) in [5.74, 6) is 0.445. The molecule has 0 bridgehead atoms. The van der Waals surface area contributed by atoms with Crippen LogP contribution in [0.15, 0.2) is 54.7 Å². The summed E-state index contributed by atoms with van der Waals surface area (Å²) in [4.78, 5) is 25.5. The maximum absolute atomic E-state index is 11.9. The molecular formula is C22H22N6O2. The van der Waals surface area contributed by atoms with Gasteiger partial charge in [0.2, 0.25) is 0 Å². The number of carbonyl (C=O) groups is 1. The van der Waals surface area contributed by atoms with Crippen molar-refractivity contribution in [1.29, 1.82) is 0 Å². The number of benzene rings is 1. The molecule has 152 valence electrons. The third-order valence-corrected chi connectivity index (χ3v) is 5.28. The van der Waals surface area contributed by atoms with Crippen LogP contribution in [-0.2, 0) is 15.1 Å². The molecule has 0 radical (unpaired) electrons. The highest BCUT2D eigenvalue weighted by atomic mass is 16.5. The number of nitrogens with zero attached hydrogens (tertiary/aromatic N) is 4. The predicted octanol–water partition coefficient (Wildman–Crippen LogP) is 2.72. The number of imidazole rings is 1. The van der Waals surface area contributed by atoms with E-state index in [9.17, 15) is 4.79 Å². The van der Waals surface area contributed by atoms with E-state index in [1.165, 1.54) is 7.11 Å². The van der Waals surface area contributed by atoms with Crippen LogP contribution in [0.5, 0.6) is 0 Å². The fourth-order valence-corrected chi connectivity index (χ4v) is 3.37. The van der Waals surface area contributed by atoms with Gasteiger partial charge in [0.25, 0.3) is 5.91 Å². The summed E-state index contributed by atoms with van der Waals surface area (Å²) in [6, 6.07) is 14.9. The molecule has 1 unspecified atom stereocenters. The van der Waals surface area contributed by atoms with Crippen LogP contribution in [0, 0.1) is 6.92 Å². The second-order valence-corrected chi connectivity index (χ2v) is 7.15.